The van der Waals surface area contributed by atoms with Crippen LogP contribution < -0.4 is 0 Å². The normalized spacial score (nSPS) is 11.3. The number of rotatable bonds is 8. The van der Waals surface area contributed by atoms with Crippen molar-refractivity contribution in [2.24, 2.45) is 11.8 Å². The smallest absolute Gasteiger partial charge is 0.228 e. The Labute approximate surface area is 154 Å². The molecule has 2 rings (SSSR count). The Morgan fingerprint density at radius 1 is 1.24 bits per heavy atom. The van der Waals surface area contributed by atoms with Crippen molar-refractivity contribution < 1.29 is 9.32 Å². The van der Waals surface area contributed by atoms with E-state index < -0.39 is 0 Å². The van der Waals surface area contributed by atoms with Gasteiger partial charge in [0.2, 0.25) is 17.6 Å². The highest BCUT2D eigenvalue weighted by molar-refractivity contribution is 6.30. The van der Waals surface area contributed by atoms with Gasteiger partial charge in [0, 0.05) is 36.5 Å². The lowest BCUT2D eigenvalue weighted by molar-refractivity contribution is -0.132. The maximum atomic E-state index is 12.4. The van der Waals surface area contributed by atoms with Gasteiger partial charge >= 0.3 is 0 Å². The molecule has 0 atom stereocenters. The van der Waals surface area contributed by atoms with Crippen molar-refractivity contribution in [2.75, 3.05) is 13.1 Å². The van der Waals surface area contributed by atoms with Gasteiger partial charge in [-0.15, -0.1) is 0 Å². The van der Waals surface area contributed by atoms with E-state index in [9.17, 15) is 4.79 Å². The average Bonchev–Trinajstić information content (AvgIpc) is 2.99. The molecule has 0 saturated heterocycles. The summed E-state index contributed by atoms with van der Waals surface area (Å²) >= 11 is 6.00. The molecule has 0 unspecified atom stereocenters. The molecule has 25 heavy (non-hydrogen) atoms. The van der Waals surface area contributed by atoms with E-state index in [0.29, 0.717) is 48.0 Å². The Bertz CT molecular complexity index is 697. The second kappa shape index (κ2) is 8.99. The summed E-state index contributed by atoms with van der Waals surface area (Å²) in [7, 11) is 0. The third-order valence-electron chi connectivity index (χ3n) is 3.67. The Morgan fingerprint density at radius 3 is 2.64 bits per heavy atom. The molecule has 0 saturated carbocycles. The first-order chi connectivity index (χ1) is 11.8. The molecule has 6 heteroatoms. The van der Waals surface area contributed by atoms with Crippen LogP contribution in [0.3, 0.4) is 0 Å². The molecule has 0 bridgehead atoms. The monoisotopic (exact) mass is 363 g/mol. The van der Waals surface area contributed by atoms with Crippen molar-refractivity contribution in [3.63, 3.8) is 0 Å². The Kier molecular flexibility index (Phi) is 7.00. The van der Waals surface area contributed by atoms with E-state index in [2.05, 4.69) is 37.8 Å². The summed E-state index contributed by atoms with van der Waals surface area (Å²) in [5.41, 5.74) is 0.817. The van der Waals surface area contributed by atoms with Crippen LogP contribution in [-0.4, -0.2) is 34.0 Å². The summed E-state index contributed by atoms with van der Waals surface area (Å²) in [4.78, 5) is 18.7. The minimum Gasteiger partial charge on any atom is -0.342 e. The van der Waals surface area contributed by atoms with Crippen molar-refractivity contribution in [2.45, 2.75) is 40.5 Å². The van der Waals surface area contributed by atoms with E-state index in [4.69, 9.17) is 16.1 Å². The SMILES string of the molecule is CC(C)CC(=O)N(CCc1nc(-c2cccc(Cl)c2)no1)CC(C)C. The fourth-order valence-corrected chi connectivity index (χ4v) is 2.76. The first-order valence-corrected chi connectivity index (χ1v) is 9.09. The summed E-state index contributed by atoms with van der Waals surface area (Å²) in [6.45, 7) is 9.66. The zero-order valence-electron chi connectivity index (χ0n) is 15.3. The Balaban J connectivity index is 2.01. The first kappa shape index (κ1) is 19.4. The van der Waals surface area contributed by atoms with Crippen LogP contribution in [-0.2, 0) is 11.2 Å². The van der Waals surface area contributed by atoms with Gasteiger partial charge in [0.05, 0.1) is 0 Å². The third kappa shape index (κ3) is 6.16. The van der Waals surface area contributed by atoms with Crippen molar-refractivity contribution in [3.05, 3.63) is 35.2 Å². The van der Waals surface area contributed by atoms with Crippen LogP contribution in [0.15, 0.2) is 28.8 Å². The van der Waals surface area contributed by atoms with E-state index in [0.717, 1.165) is 12.1 Å². The molecular formula is C19H26ClN3O2. The summed E-state index contributed by atoms with van der Waals surface area (Å²) in [5, 5.41) is 4.64. The Morgan fingerprint density at radius 2 is 2.00 bits per heavy atom. The highest BCUT2D eigenvalue weighted by atomic mass is 35.5. The molecule has 0 N–H and O–H groups in total. The first-order valence-electron chi connectivity index (χ1n) is 8.71. The lowest BCUT2D eigenvalue weighted by Crippen LogP contribution is -2.36. The van der Waals surface area contributed by atoms with E-state index in [-0.39, 0.29) is 5.91 Å². The number of hydrogen-bond acceptors (Lipinski definition) is 4. The molecule has 0 spiro atoms. The number of hydrogen-bond donors (Lipinski definition) is 0. The van der Waals surface area contributed by atoms with Crippen LogP contribution in [0.5, 0.6) is 0 Å². The number of carbonyl (C=O) groups excluding carboxylic acids is 1. The summed E-state index contributed by atoms with van der Waals surface area (Å²) in [6.07, 6.45) is 1.11. The third-order valence-corrected chi connectivity index (χ3v) is 3.90. The number of benzene rings is 1. The van der Waals surface area contributed by atoms with Crippen molar-refractivity contribution >= 4 is 17.5 Å². The Hall–Kier alpha value is -1.88. The minimum absolute atomic E-state index is 0.179. The standard InChI is InChI=1S/C19H26ClN3O2/c1-13(2)10-18(24)23(12-14(3)4)9-8-17-21-19(22-25-17)15-6-5-7-16(20)11-15/h5-7,11,13-14H,8-10,12H2,1-4H3. The number of carbonyl (C=O) groups is 1. The van der Waals surface area contributed by atoms with Gasteiger partial charge in [-0.1, -0.05) is 56.6 Å². The highest BCUT2D eigenvalue weighted by Crippen LogP contribution is 2.20. The topological polar surface area (TPSA) is 59.2 Å². The van der Waals surface area contributed by atoms with E-state index in [1.165, 1.54) is 0 Å². The zero-order valence-corrected chi connectivity index (χ0v) is 16.1. The number of nitrogens with zero attached hydrogens (tertiary/aromatic N) is 3. The molecule has 0 radical (unpaired) electrons. The molecule has 1 aromatic heterocycles. The van der Waals surface area contributed by atoms with E-state index in [1.807, 2.05) is 17.0 Å². The molecule has 5 nitrogen and oxygen atoms in total. The van der Waals surface area contributed by atoms with Crippen molar-refractivity contribution in [1.82, 2.24) is 15.0 Å². The van der Waals surface area contributed by atoms with Gasteiger partial charge in [-0.3, -0.25) is 4.79 Å². The fraction of sp³-hybridized carbons (Fsp3) is 0.526. The van der Waals surface area contributed by atoms with Crippen LogP contribution in [0.25, 0.3) is 11.4 Å². The van der Waals surface area contributed by atoms with Gasteiger partial charge in [-0.25, -0.2) is 0 Å². The molecule has 1 heterocycles. The lowest BCUT2D eigenvalue weighted by atomic mass is 10.1. The van der Waals surface area contributed by atoms with Crippen LogP contribution in [0.1, 0.15) is 40.0 Å². The highest BCUT2D eigenvalue weighted by Gasteiger charge is 2.18. The summed E-state index contributed by atoms with van der Waals surface area (Å²) in [6, 6.07) is 7.34. The van der Waals surface area contributed by atoms with Gasteiger partial charge in [-0.2, -0.15) is 4.98 Å². The maximum Gasteiger partial charge on any atom is 0.228 e. The summed E-state index contributed by atoms with van der Waals surface area (Å²) < 4.78 is 5.33. The van der Waals surface area contributed by atoms with Gasteiger partial charge in [0.1, 0.15) is 0 Å². The zero-order chi connectivity index (χ0) is 18.4. The van der Waals surface area contributed by atoms with E-state index >= 15 is 0 Å². The fourth-order valence-electron chi connectivity index (χ4n) is 2.57. The van der Waals surface area contributed by atoms with Crippen LogP contribution in [0, 0.1) is 11.8 Å². The molecule has 1 aromatic carbocycles. The van der Waals surface area contributed by atoms with Crippen LogP contribution in [0.4, 0.5) is 0 Å². The molecular weight excluding hydrogens is 338 g/mol. The predicted molar refractivity (Wildman–Crippen MR) is 99.3 cm³/mol. The molecule has 0 aliphatic carbocycles. The number of aromatic nitrogens is 2. The molecule has 0 aliphatic heterocycles. The second-order valence-electron chi connectivity index (χ2n) is 7.10. The van der Waals surface area contributed by atoms with Crippen LogP contribution in [0.2, 0.25) is 5.02 Å². The van der Waals surface area contributed by atoms with Gasteiger partial charge in [0.25, 0.3) is 0 Å². The molecule has 0 fully saturated rings. The molecule has 2 aromatic rings. The van der Waals surface area contributed by atoms with Crippen molar-refractivity contribution in [3.8, 4) is 11.4 Å². The quantitative estimate of drug-likeness (QED) is 0.694. The van der Waals surface area contributed by atoms with Gasteiger partial charge < -0.3 is 9.42 Å². The lowest BCUT2D eigenvalue weighted by Gasteiger charge is -2.24. The van der Waals surface area contributed by atoms with Crippen molar-refractivity contribution in [1.29, 1.82) is 0 Å². The molecule has 136 valence electrons. The summed E-state index contributed by atoms with van der Waals surface area (Å²) in [5.74, 6) is 1.99. The predicted octanol–water partition coefficient (Wildman–Crippen LogP) is 4.46. The number of amides is 1. The van der Waals surface area contributed by atoms with Gasteiger partial charge in [0.15, 0.2) is 0 Å². The van der Waals surface area contributed by atoms with Crippen LogP contribution >= 0.6 is 11.6 Å². The molecule has 1 amide bonds. The number of halogens is 1. The maximum absolute atomic E-state index is 12.4. The minimum atomic E-state index is 0.179. The second-order valence-corrected chi connectivity index (χ2v) is 7.54. The van der Waals surface area contributed by atoms with E-state index in [1.54, 1.807) is 12.1 Å². The van der Waals surface area contributed by atoms with Gasteiger partial charge in [-0.05, 0) is 24.0 Å². The largest absolute Gasteiger partial charge is 0.342 e. The molecule has 0 aliphatic rings. The average molecular weight is 364 g/mol.